The van der Waals surface area contributed by atoms with Gasteiger partial charge in [0.2, 0.25) is 5.91 Å². The highest BCUT2D eigenvalue weighted by molar-refractivity contribution is 5.95. The van der Waals surface area contributed by atoms with E-state index in [4.69, 9.17) is 0 Å². The summed E-state index contributed by atoms with van der Waals surface area (Å²) in [5, 5.41) is 11.5. The zero-order valence-corrected chi connectivity index (χ0v) is 21.3. The third kappa shape index (κ3) is 5.00. The summed E-state index contributed by atoms with van der Waals surface area (Å²) in [5.41, 5.74) is 4.30. The number of benzene rings is 4. The van der Waals surface area contributed by atoms with Gasteiger partial charge in [-0.2, -0.15) is 0 Å². The van der Waals surface area contributed by atoms with Crippen molar-refractivity contribution in [1.29, 1.82) is 0 Å². The first kappa shape index (κ1) is 23.9. The van der Waals surface area contributed by atoms with Crippen LogP contribution >= 0.6 is 0 Å². The number of nitrogens with zero attached hydrogens (tertiary/aromatic N) is 4. The van der Waals surface area contributed by atoms with Gasteiger partial charge in [-0.25, -0.2) is 0 Å². The molecule has 1 saturated heterocycles. The molecule has 5 heteroatoms. The van der Waals surface area contributed by atoms with Crippen LogP contribution in [0.25, 0.3) is 22.0 Å². The lowest BCUT2D eigenvalue weighted by Gasteiger charge is -2.36. The molecule has 38 heavy (non-hydrogen) atoms. The summed E-state index contributed by atoms with van der Waals surface area (Å²) in [6.07, 6.45) is 0.466. The number of amides is 1. The fourth-order valence-corrected chi connectivity index (χ4v) is 5.37. The molecular formula is C33H30N4O. The molecule has 5 aromatic rings. The Labute approximate surface area is 223 Å². The molecule has 1 fully saturated rings. The Hall–Kier alpha value is -4.51. The van der Waals surface area contributed by atoms with Crippen LogP contribution in [0.15, 0.2) is 115 Å². The van der Waals surface area contributed by atoms with Crippen LogP contribution in [0.5, 0.6) is 0 Å². The first-order valence-electron chi connectivity index (χ1n) is 13.2. The van der Waals surface area contributed by atoms with Crippen molar-refractivity contribution in [3.8, 4) is 11.3 Å². The lowest BCUT2D eigenvalue weighted by molar-refractivity contribution is -0.131. The van der Waals surface area contributed by atoms with Gasteiger partial charge >= 0.3 is 0 Å². The van der Waals surface area contributed by atoms with Gasteiger partial charge in [-0.15, -0.1) is 10.2 Å². The van der Waals surface area contributed by atoms with Gasteiger partial charge in [0, 0.05) is 44.1 Å². The highest BCUT2D eigenvalue weighted by Gasteiger charge is 2.26. The van der Waals surface area contributed by atoms with E-state index < -0.39 is 0 Å². The monoisotopic (exact) mass is 498 g/mol. The van der Waals surface area contributed by atoms with Crippen LogP contribution in [-0.2, 0) is 4.79 Å². The van der Waals surface area contributed by atoms with E-state index in [0.29, 0.717) is 19.5 Å². The molecule has 1 aliphatic rings. The summed E-state index contributed by atoms with van der Waals surface area (Å²) < 4.78 is 0. The normalized spacial score (nSPS) is 13.7. The predicted octanol–water partition coefficient (Wildman–Crippen LogP) is 6.17. The maximum absolute atomic E-state index is 13.4. The Bertz CT molecular complexity index is 1470. The molecule has 0 spiro atoms. The largest absolute Gasteiger partial charge is 0.352 e. The number of aromatic nitrogens is 2. The maximum Gasteiger partial charge on any atom is 0.223 e. The summed E-state index contributed by atoms with van der Waals surface area (Å²) in [5.74, 6) is 1.10. The molecule has 0 N–H and O–H groups in total. The van der Waals surface area contributed by atoms with Crippen molar-refractivity contribution in [1.82, 2.24) is 15.1 Å². The Morgan fingerprint density at radius 3 is 1.95 bits per heavy atom. The number of carbonyl (C=O) groups is 1. The Morgan fingerprint density at radius 2 is 1.29 bits per heavy atom. The molecule has 0 saturated carbocycles. The number of piperazine rings is 1. The molecule has 0 aliphatic carbocycles. The molecular weight excluding hydrogens is 468 g/mol. The molecule has 4 aromatic carbocycles. The van der Waals surface area contributed by atoms with Gasteiger partial charge in [0.15, 0.2) is 5.82 Å². The fourth-order valence-electron chi connectivity index (χ4n) is 5.37. The third-order valence-electron chi connectivity index (χ3n) is 7.46. The van der Waals surface area contributed by atoms with Crippen molar-refractivity contribution in [2.75, 3.05) is 31.1 Å². The minimum atomic E-state index is 0.0513. The average Bonchev–Trinajstić information content (AvgIpc) is 3.00. The van der Waals surface area contributed by atoms with Crippen molar-refractivity contribution in [3.05, 3.63) is 126 Å². The van der Waals surface area contributed by atoms with Crippen molar-refractivity contribution in [2.45, 2.75) is 12.3 Å². The number of hydrogen-bond acceptors (Lipinski definition) is 4. The lowest BCUT2D eigenvalue weighted by atomic mass is 9.88. The SMILES string of the molecule is O=C(CC(c1ccccc1)c1ccccc1)N1CCN(c2ccc(-c3cccc4ccccc34)nn2)CC1. The molecule has 1 aromatic heterocycles. The number of hydrogen-bond donors (Lipinski definition) is 0. The summed E-state index contributed by atoms with van der Waals surface area (Å²) in [7, 11) is 0. The summed E-state index contributed by atoms with van der Waals surface area (Å²) in [4.78, 5) is 17.6. The lowest BCUT2D eigenvalue weighted by Crippen LogP contribution is -2.49. The van der Waals surface area contributed by atoms with E-state index in [9.17, 15) is 4.79 Å². The van der Waals surface area contributed by atoms with E-state index in [0.717, 1.165) is 30.2 Å². The van der Waals surface area contributed by atoms with Crippen LogP contribution < -0.4 is 4.90 Å². The van der Waals surface area contributed by atoms with E-state index in [2.05, 4.69) is 81.8 Å². The standard InChI is InChI=1S/C33H30N4O/c38-33(24-30(26-10-3-1-4-11-26)27-12-5-2-6-13-27)37-22-20-36(21-23-37)32-19-18-31(34-35-32)29-17-9-15-25-14-7-8-16-28(25)29/h1-19,30H,20-24H2. The first-order valence-corrected chi connectivity index (χ1v) is 13.2. The molecule has 1 aliphatic heterocycles. The van der Waals surface area contributed by atoms with Crippen molar-refractivity contribution in [2.24, 2.45) is 0 Å². The predicted molar refractivity (Wildman–Crippen MR) is 153 cm³/mol. The third-order valence-corrected chi connectivity index (χ3v) is 7.46. The van der Waals surface area contributed by atoms with Crippen LogP contribution in [0.1, 0.15) is 23.5 Å². The molecule has 188 valence electrons. The molecule has 0 radical (unpaired) electrons. The maximum atomic E-state index is 13.4. The van der Waals surface area contributed by atoms with E-state index in [-0.39, 0.29) is 11.8 Å². The smallest absolute Gasteiger partial charge is 0.223 e. The van der Waals surface area contributed by atoms with Gasteiger partial charge in [-0.05, 0) is 34.0 Å². The van der Waals surface area contributed by atoms with Crippen LogP contribution in [0.3, 0.4) is 0 Å². The molecule has 0 atom stereocenters. The number of carbonyl (C=O) groups excluding carboxylic acids is 1. The molecule has 1 amide bonds. The first-order chi connectivity index (χ1) is 18.8. The van der Waals surface area contributed by atoms with Gasteiger partial charge in [-0.1, -0.05) is 103 Å². The van der Waals surface area contributed by atoms with Crippen LogP contribution in [0, 0.1) is 0 Å². The fraction of sp³-hybridized carbons (Fsp3) is 0.182. The van der Waals surface area contributed by atoms with E-state index >= 15 is 0 Å². The minimum Gasteiger partial charge on any atom is -0.352 e. The van der Waals surface area contributed by atoms with Gasteiger partial charge in [0.1, 0.15) is 0 Å². The summed E-state index contributed by atoms with van der Waals surface area (Å²) in [6, 6.07) is 39.4. The second-order valence-corrected chi connectivity index (χ2v) is 9.75. The van der Waals surface area contributed by atoms with Gasteiger partial charge in [-0.3, -0.25) is 4.79 Å². The molecule has 5 nitrogen and oxygen atoms in total. The van der Waals surface area contributed by atoms with E-state index in [1.54, 1.807) is 0 Å². The van der Waals surface area contributed by atoms with Gasteiger partial charge in [0.25, 0.3) is 0 Å². The van der Waals surface area contributed by atoms with Crippen LogP contribution in [0.2, 0.25) is 0 Å². The second kappa shape index (κ2) is 10.9. The highest BCUT2D eigenvalue weighted by Crippen LogP contribution is 2.30. The Morgan fingerprint density at radius 1 is 0.658 bits per heavy atom. The second-order valence-electron chi connectivity index (χ2n) is 9.75. The van der Waals surface area contributed by atoms with Crippen molar-refractivity contribution >= 4 is 22.5 Å². The number of anilines is 1. The zero-order chi connectivity index (χ0) is 25.7. The van der Waals surface area contributed by atoms with Gasteiger partial charge < -0.3 is 9.80 Å². The van der Waals surface area contributed by atoms with Crippen LogP contribution in [0.4, 0.5) is 5.82 Å². The molecule has 6 rings (SSSR count). The molecule has 2 heterocycles. The van der Waals surface area contributed by atoms with Gasteiger partial charge in [0.05, 0.1) is 5.69 Å². The summed E-state index contributed by atoms with van der Waals surface area (Å²) in [6.45, 7) is 2.86. The molecule has 0 bridgehead atoms. The zero-order valence-electron chi connectivity index (χ0n) is 21.3. The Balaban J connectivity index is 1.12. The molecule has 0 unspecified atom stereocenters. The number of rotatable bonds is 6. The quantitative estimate of drug-likeness (QED) is 0.281. The van der Waals surface area contributed by atoms with E-state index in [1.165, 1.54) is 21.9 Å². The average molecular weight is 499 g/mol. The van der Waals surface area contributed by atoms with Crippen LogP contribution in [-0.4, -0.2) is 47.2 Å². The minimum absolute atomic E-state index is 0.0513. The van der Waals surface area contributed by atoms with E-state index in [1.807, 2.05) is 53.4 Å². The van der Waals surface area contributed by atoms with Crippen molar-refractivity contribution < 1.29 is 4.79 Å². The topological polar surface area (TPSA) is 49.3 Å². The number of fused-ring (bicyclic) bond motifs is 1. The summed E-state index contributed by atoms with van der Waals surface area (Å²) >= 11 is 0. The highest BCUT2D eigenvalue weighted by atomic mass is 16.2. The van der Waals surface area contributed by atoms with Crippen molar-refractivity contribution in [3.63, 3.8) is 0 Å². The Kier molecular flexibility index (Phi) is 6.81.